The maximum absolute atomic E-state index is 12.3. The minimum absolute atomic E-state index is 0.124. The van der Waals surface area contributed by atoms with Gasteiger partial charge in [-0.2, -0.15) is 4.98 Å². The third-order valence-corrected chi connectivity index (χ3v) is 3.91. The van der Waals surface area contributed by atoms with Crippen LogP contribution in [0.5, 0.6) is 5.88 Å². The minimum Gasteiger partial charge on any atom is -0.481 e. The van der Waals surface area contributed by atoms with E-state index in [1.165, 1.54) is 0 Å². The Kier molecular flexibility index (Phi) is 4.19. The van der Waals surface area contributed by atoms with Crippen molar-refractivity contribution in [2.45, 2.75) is 18.9 Å². The van der Waals surface area contributed by atoms with Crippen LogP contribution in [-0.4, -0.2) is 66.8 Å². The van der Waals surface area contributed by atoms with Gasteiger partial charge in [-0.05, 0) is 12.8 Å². The molecule has 1 amide bonds. The van der Waals surface area contributed by atoms with Crippen LogP contribution in [0.15, 0.2) is 12.3 Å². The zero-order chi connectivity index (χ0) is 14.7. The molecule has 0 unspecified atom stereocenters. The molecule has 0 aromatic carbocycles. The average Bonchev–Trinajstić information content (AvgIpc) is 3.09. The van der Waals surface area contributed by atoms with E-state index >= 15 is 0 Å². The molecule has 1 atom stereocenters. The van der Waals surface area contributed by atoms with E-state index in [1.807, 2.05) is 4.90 Å². The maximum Gasteiger partial charge on any atom is 0.251 e. The van der Waals surface area contributed by atoms with Gasteiger partial charge in [-0.15, -0.1) is 0 Å². The van der Waals surface area contributed by atoms with Gasteiger partial charge in [0, 0.05) is 45.0 Å². The van der Waals surface area contributed by atoms with Crippen LogP contribution in [0.25, 0.3) is 0 Å². The molecule has 2 aliphatic heterocycles. The predicted molar refractivity (Wildman–Crippen MR) is 76.4 cm³/mol. The van der Waals surface area contributed by atoms with Gasteiger partial charge < -0.3 is 19.3 Å². The molecule has 21 heavy (non-hydrogen) atoms. The topological polar surface area (TPSA) is 67.8 Å². The summed E-state index contributed by atoms with van der Waals surface area (Å²) < 4.78 is 10.6. The fraction of sp³-hybridized carbons (Fsp3) is 0.643. The van der Waals surface area contributed by atoms with Crippen molar-refractivity contribution in [1.82, 2.24) is 14.9 Å². The third-order valence-electron chi connectivity index (χ3n) is 3.91. The van der Waals surface area contributed by atoms with Crippen LogP contribution < -0.4 is 9.64 Å². The number of rotatable bonds is 3. The lowest BCUT2D eigenvalue weighted by Gasteiger charge is -2.35. The molecule has 7 heteroatoms. The van der Waals surface area contributed by atoms with Gasteiger partial charge in [-0.1, -0.05) is 0 Å². The lowest BCUT2D eigenvalue weighted by atomic mass is 10.2. The zero-order valence-corrected chi connectivity index (χ0v) is 12.2. The molecule has 0 bridgehead atoms. The van der Waals surface area contributed by atoms with E-state index in [0.717, 1.165) is 25.9 Å². The molecule has 3 heterocycles. The molecule has 114 valence electrons. The second-order valence-corrected chi connectivity index (χ2v) is 5.21. The number of hydrogen-bond donors (Lipinski definition) is 0. The van der Waals surface area contributed by atoms with E-state index < -0.39 is 0 Å². The summed E-state index contributed by atoms with van der Waals surface area (Å²) in [5.74, 6) is 1.33. The highest BCUT2D eigenvalue weighted by atomic mass is 16.5. The molecule has 1 aromatic heterocycles. The molecule has 2 saturated heterocycles. The number of carbonyl (C=O) groups is 1. The number of amides is 1. The monoisotopic (exact) mass is 292 g/mol. The van der Waals surface area contributed by atoms with Crippen LogP contribution in [0.4, 0.5) is 5.95 Å². The molecule has 0 radical (unpaired) electrons. The first-order valence-corrected chi connectivity index (χ1v) is 7.30. The number of piperazine rings is 1. The van der Waals surface area contributed by atoms with Crippen LogP contribution in [0.2, 0.25) is 0 Å². The molecule has 0 spiro atoms. The minimum atomic E-state index is -0.232. The maximum atomic E-state index is 12.3. The summed E-state index contributed by atoms with van der Waals surface area (Å²) in [5, 5.41) is 0. The third kappa shape index (κ3) is 3.07. The number of nitrogens with zero attached hydrogens (tertiary/aromatic N) is 4. The van der Waals surface area contributed by atoms with Crippen molar-refractivity contribution in [3.05, 3.63) is 12.3 Å². The number of aromatic nitrogens is 2. The molecule has 0 saturated carbocycles. The average molecular weight is 292 g/mol. The van der Waals surface area contributed by atoms with Gasteiger partial charge in [0.15, 0.2) is 0 Å². The predicted octanol–water partition coefficient (Wildman–Crippen LogP) is 0.313. The molecular formula is C14H20N4O3. The van der Waals surface area contributed by atoms with Crippen LogP contribution in [-0.2, 0) is 9.53 Å². The first-order valence-electron chi connectivity index (χ1n) is 7.30. The molecule has 0 aliphatic carbocycles. The Balaban J connectivity index is 1.58. The highest BCUT2D eigenvalue weighted by molar-refractivity contribution is 5.81. The number of hydrogen-bond acceptors (Lipinski definition) is 6. The second kappa shape index (κ2) is 6.26. The smallest absolute Gasteiger partial charge is 0.251 e. The molecule has 7 nitrogen and oxygen atoms in total. The molecule has 0 N–H and O–H groups in total. The van der Waals surface area contributed by atoms with Crippen molar-refractivity contribution in [1.29, 1.82) is 0 Å². The fourth-order valence-corrected chi connectivity index (χ4v) is 2.70. The first kappa shape index (κ1) is 14.1. The van der Waals surface area contributed by atoms with Gasteiger partial charge in [0.2, 0.25) is 11.8 Å². The van der Waals surface area contributed by atoms with Gasteiger partial charge in [0.25, 0.3) is 5.91 Å². The van der Waals surface area contributed by atoms with Gasteiger partial charge in [0.1, 0.15) is 6.10 Å². The Hall–Kier alpha value is -1.89. The Morgan fingerprint density at radius 1 is 1.38 bits per heavy atom. The molecule has 1 aromatic rings. The van der Waals surface area contributed by atoms with Crippen molar-refractivity contribution in [3.8, 4) is 5.88 Å². The Bertz CT molecular complexity index is 497. The van der Waals surface area contributed by atoms with Crippen molar-refractivity contribution >= 4 is 11.9 Å². The number of ether oxygens (including phenoxy) is 2. The summed E-state index contributed by atoms with van der Waals surface area (Å²) in [5.41, 5.74) is 0. The summed E-state index contributed by atoms with van der Waals surface area (Å²) in [4.78, 5) is 24.8. The number of carbonyl (C=O) groups excluding carboxylic acids is 1. The summed E-state index contributed by atoms with van der Waals surface area (Å²) >= 11 is 0. The highest BCUT2D eigenvalue weighted by Crippen LogP contribution is 2.18. The van der Waals surface area contributed by atoms with Crippen LogP contribution >= 0.6 is 0 Å². The summed E-state index contributed by atoms with van der Waals surface area (Å²) in [6.45, 7) is 3.52. The summed E-state index contributed by atoms with van der Waals surface area (Å²) in [6, 6.07) is 1.72. The highest BCUT2D eigenvalue weighted by Gasteiger charge is 2.30. The van der Waals surface area contributed by atoms with Gasteiger partial charge >= 0.3 is 0 Å². The van der Waals surface area contributed by atoms with Crippen LogP contribution in [0.3, 0.4) is 0 Å². The van der Waals surface area contributed by atoms with E-state index in [9.17, 15) is 4.79 Å². The first-order chi connectivity index (χ1) is 10.3. The van der Waals surface area contributed by atoms with E-state index in [4.69, 9.17) is 9.47 Å². The van der Waals surface area contributed by atoms with Gasteiger partial charge in [-0.25, -0.2) is 4.98 Å². The lowest BCUT2D eigenvalue weighted by molar-refractivity contribution is -0.141. The quantitative estimate of drug-likeness (QED) is 0.799. The fourth-order valence-electron chi connectivity index (χ4n) is 2.70. The van der Waals surface area contributed by atoms with Crippen molar-refractivity contribution < 1.29 is 14.3 Å². The molecule has 3 rings (SSSR count). The lowest BCUT2D eigenvalue weighted by Crippen LogP contribution is -2.51. The van der Waals surface area contributed by atoms with Crippen molar-refractivity contribution in [3.63, 3.8) is 0 Å². The van der Waals surface area contributed by atoms with Crippen molar-refractivity contribution in [2.75, 3.05) is 44.8 Å². The molecule has 2 fully saturated rings. The van der Waals surface area contributed by atoms with Gasteiger partial charge in [-0.3, -0.25) is 4.79 Å². The molecule has 2 aliphatic rings. The summed E-state index contributed by atoms with van der Waals surface area (Å²) in [7, 11) is 1.59. The molecular weight excluding hydrogens is 272 g/mol. The Morgan fingerprint density at radius 2 is 2.19 bits per heavy atom. The van der Waals surface area contributed by atoms with E-state index in [-0.39, 0.29) is 12.0 Å². The van der Waals surface area contributed by atoms with Crippen LogP contribution in [0.1, 0.15) is 12.8 Å². The van der Waals surface area contributed by atoms with Crippen molar-refractivity contribution in [2.24, 2.45) is 0 Å². The second-order valence-electron chi connectivity index (χ2n) is 5.21. The Morgan fingerprint density at radius 3 is 2.86 bits per heavy atom. The zero-order valence-electron chi connectivity index (χ0n) is 12.2. The van der Waals surface area contributed by atoms with E-state index in [2.05, 4.69) is 14.9 Å². The van der Waals surface area contributed by atoms with Crippen LogP contribution in [0, 0.1) is 0 Å². The number of methoxy groups -OCH3 is 1. The normalized spacial score (nSPS) is 22.4. The Labute approximate surface area is 123 Å². The largest absolute Gasteiger partial charge is 0.481 e. The standard InChI is InChI=1S/C14H20N4O3/c1-20-12-4-5-15-14(16-12)18-8-6-17(7-9-18)13(19)11-3-2-10-21-11/h4-5,11H,2-3,6-10H2,1H3/t11-/m0/s1. The SMILES string of the molecule is COc1ccnc(N2CCN(C(=O)[C@@H]3CCCO3)CC2)n1. The number of anilines is 1. The van der Waals surface area contributed by atoms with Gasteiger partial charge in [0.05, 0.1) is 7.11 Å². The van der Waals surface area contributed by atoms with E-state index in [0.29, 0.717) is 31.5 Å². The van der Waals surface area contributed by atoms with E-state index in [1.54, 1.807) is 19.4 Å². The summed E-state index contributed by atoms with van der Waals surface area (Å²) in [6.07, 6.45) is 3.28.